The number of nitrogens with zero attached hydrogens (tertiary/aromatic N) is 2. The van der Waals surface area contributed by atoms with Gasteiger partial charge in [0, 0.05) is 11.1 Å². The zero-order valence-electron chi connectivity index (χ0n) is 16.1. The first-order valence-corrected chi connectivity index (χ1v) is 10.2. The lowest BCUT2D eigenvalue weighted by molar-refractivity contribution is 0.0995. The second-order valence-corrected chi connectivity index (χ2v) is 8.06. The lowest BCUT2D eigenvalue weighted by Crippen LogP contribution is -2.14. The van der Waals surface area contributed by atoms with Crippen LogP contribution in [0.1, 0.15) is 31.5 Å². The van der Waals surface area contributed by atoms with Crippen LogP contribution in [-0.4, -0.2) is 21.6 Å². The molecule has 0 atom stereocenters. The Morgan fingerprint density at radius 1 is 1.07 bits per heavy atom. The highest BCUT2D eigenvalue weighted by Crippen LogP contribution is 2.29. The van der Waals surface area contributed by atoms with Crippen LogP contribution in [0, 0.1) is 13.8 Å². The predicted molar refractivity (Wildman–Crippen MR) is 117 cm³/mol. The van der Waals surface area contributed by atoms with Gasteiger partial charge in [0.25, 0.3) is 11.8 Å². The molecule has 0 fully saturated rings. The highest BCUT2D eigenvalue weighted by molar-refractivity contribution is 7.18. The molecule has 7 nitrogen and oxygen atoms in total. The normalized spacial score (nSPS) is 10.8. The Hall–Kier alpha value is -3.36. The van der Waals surface area contributed by atoms with Crippen molar-refractivity contribution in [2.75, 3.05) is 10.6 Å². The van der Waals surface area contributed by atoms with E-state index in [0.717, 1.165) is 16.9 Å². The van der Waals surface area contributed by atoms with E-state index < -0.39 is 0 Å². The predicted octanol–water partition coefficient (Wildman–Crippen LogP) is 5.30. The molecule has 2 amide bonds. The first kappa shape index (κ1) is 19.9. The maximum atomic E-state index is 12.9. The van der Waals surface area contributed by atoms with Gasteiger partial charge in [-0.05, 0) is 55.8 Å². The van der Waals surface area contributed by atoms with Crippen LogP contribution in [0.2, 0.25) is 5.02 Å². The smallest absolute Gasteiger partial charge is 0.291 e. The van der Waals surface area contributed by atoms with Crippen molar-refractivity contribution >= 4 is 45.6 Å². The number of aromatic nitrogens is 2. The molecule has 4 rings (SSSR count). The van der Waals surface area contributed by atoms with Gasteiger partial charge < -0.3 is 15.1 Å². The summed E-state index contributed by atoms with van der Waals surface area (Å²) in [6.07, 6.45) is 1.43. The van der Waals surface area contributed by atoms with Crippen molar-refractivity contribution < 1.29 is 14.0 Å². The lowest BCUT2D eigenvalue weighted by atomic mass is 10.2. The van der Waals surface area contributed by atoms with Crippen LogP contribution in [0.15, 0.2) is 59.2 Å². The summed E-state index contributed by atoms with van der Waals surface area (Å²) in [6.45, 7) is 3.66. The Morgan fingerprint density at radius 2 is 1.90 bits per heavy atom. The number of carbonyl (C=O) groups is 2. The van der Waals surface area contributed by atoms with Crippen LogP contribution in [0.4, 0.5) is 10.8 Å². The van der Waals surface area contributed by atoms with E-state index in [1.165, 1.54) is 17.6 Å². The number of rotatable bonds is 5. The molecule has 3 aromatic heterocycles. The number of furan rings is 1. The van der Waals surface area contributed by atoms with Crippen molar-refractivity contribution in [3.05, 3.63) is 81.7 Å². The topological polar surface area (TPSA) is 89.2 Å². The van der Waals surface area contributed by atoms with E-state index in [-0.39, 0.29) is 17.6 Å². The van der Waals surface area contributed by atoms with Gasteiger partial charge in [-0.1, -0.05) is 17.7 Å². The number of carbonyl (C=O) groups excluding carboxylic acids is 2. The quantitative estimate of drug-likeness (QED) is 0.440. The number of anilines is 2. The van der Waals surface area contributed by atoms with Gasteiger partial charge in [-0.15, -0.1) is 11.3 Å². The first-order chi connectivity index (χ1) is 14.4. The second-order valence-electron chi connectivity index (χ2n) is 6.57. The molecular weight excluding hydrogens is 424 g/mol. The number of halogens is 1. The van der Waals surface area contributed by atoms with E-state index in [9.17, 15) is 9.59 Å². The summed E-state index contributed by atoms with van der Waals surface area (Å²) >= 11 is 7.28. The number of amides is 2. The van der Waals surface area contributed by atoms with Gasteiger partial charge in [0.15, 0.2) is 5.76 Å². The third-order valence-electron chi connectivity index (χ3n) is 4.23. The molecule has 0 saturated carbocycles. The minimum absolute atomic E-state index is 0.202. The van der Waals surface area contributed by atoms with Crippen molar-refractivity contribution in [2.24, 2.45) is 0 Å². The number of benzene rings is 1. The summed E-state index contributed by atoms with van der Waals surface area (Å²) in [7, 11) is 0. The van der Waals surface area contributed by atoms with E-state index in [4.69, 9.17) is 16.0 Å². The van der Waals surface area contributed by atoms with E-state index in [0.29, 0.717) is 20.7 Å². The molecular formula is C21H17ClN4O3S. The summed E-state index contributed by atoms with van der Waals surface area (Å²) in [6, 6.07) is 13.9. The summed E-state index contributed by atoms with van der Waals surface area (Å²) in [5.74, 6) is 0.0590. The van der Waals surface area contributed by atoms with E-state index in [1.807, 2.05) is 26.0 Å². The van der Waals surface area contributed by atoms with Crippen LogP contribution in [0.3, 0.4) is 0 Å². The van der Waals surface area contributed by atoms with Crippen molar-refractivity contribution in [3.63, 3.8) is 0 Å². The molecule has 9 heteroatoms. The summed E-state index contributed by atoms with van der Waals surface area (Å²) < 4.78 is 6.72. The maximum Gasteiger partial charge on any atom is 0.291 e. The van der Waals surface area contributed by atoms with Crippen molar-refractivity contribution in [1.82, 2.24) is 9.78 Å². The molecule has 3 heterocycles. The van der Waals surface area contributed by atoms with Gasteiger partial charge in [0.1, 0.15) is 5.82 Å². The molecule has 0 aliphatic rings. The van der Waals surface area contributed by atoms with Crippen molar-refractivity contribution in [3.8, 4) is 5.69 Å². The molecule has 0 bridgehead atoms. The van der Waals surface area contributed by atoms with Crippen LogP contribution < -0.4 is 10.6 Å². The van der Waals surface area contributed by atoms with E-state index >= 15 is 0 Å². The molecule has 0 unspecified atom stereocenters. The average Bonchev–Trinajstić information content (AvgIpc) is 3.42. The average molecular weight is 441 g/mol. The third kappa shape index (κ3) is 4.14. The van der Waals surface area contributed by atoms with Gasteiger partial charge >= 0.3 is 0 Å². The summed E-state index contributed by atoms with van der Waals surface area (Å²) in [5.41, 5.74) is 2.23. The van der Waals surface area contributed by atoms with Crippen LogP contribution in [0.25, 0.3) is 5.69 Å². The number of thiophene rings is 1. The summed E-state index contributed by atoms with van der Waals surface area (Å²) in [4.78, 5) is 25.6. The molecule has 0 radical (unpaired) electrons. The number of hydrogen-bond donors (Lipinski definition) is 2. The van der Waals surface area contributed by atoms with Gasteiger partial charge in [-0.3, -0.25) is 9.59 Å². The molecule has 152 valence electrons. The van der Waals surface area contributed by atoms with Gasteiger partial charge in [0.05, 0.1) is 27.5 Å². The van der Waals surface area contributed by atoms with E-state index in [2.05, 4.69) is 15.7 Å². The zero-order valence-corrected chi connectivity index (χ0v) is 17.7. The van der Waals surface area contributed by atoms with Gasteiger partial charge in [0.2, 0.25) is 0 Å². The minimum atomic E-state index is -0.372. The summed E-state index contributed by atoms with van der Waals surface area (Å²) in [5, 5.41) is 11.2. The molecule has 0 aliphatic heterocycles. The monoisotopic (exact) mass is 440 g/mol. The van der Waals surface area contributed by atoms with E-state index in [1.54, 1.807) is 41.1 Å². The highest BCUT2D eigenvalue weighted by Gasteiger charge is 2.19. The first-order valence-electron chi connectivity index (χ1n) is 9.00. The van der Waals surface area contributed by atoms with Crippen LogP contribution in [-0.2, 0) is 0 Å². The van der Waals surface area contributed by atoms with Crippen LogP contribution >= 0.6 is 22.9 Å². The molecule has 0 spiro atoms. The molecule has 1 aromatic carbocycles. The Morgan fingerprint density at radius 3 is 2.63 bits per heavy atom. The number of aryl methyl sites for hydroxylation is 2. The highest BCUT2D eigenvalue weighted by atomic mass is 35.5. The number of nitrogens with one attached hydrogen (secondary N) is 2. The fourth-order valence-corrected chi connectivity index (χ4v) is 4.06. The molecule has 0 aliphatic carbocycles. The zero-order chi connectivity index (χ0) is 21.3. The molecule has 2 N–H and O–H groups in total. The van der Waals surface area contributed by atoms with Gasteiger partial charge in [-0.2, -0.15) is 5.10 Å². The van der Waals surface area contributed by atoms with Gasteiger partial charge in [-0.25, -0.2) is 4.68 Å². The minimum Gasteiger partial charge on any atom is -0.459 e. The third-order valence-corrected chi connectivity index (χ3v) is 5.62. The fraction of sp³-hybridized carbons (Fsp3) is 0.0952. The standard InChI is InChI=1S/C21H17ClN4O3S/c1-12-9-18(24-20(27)16-7-4-8-29-16)30-19(12)21(28)23-17-10-13(2)25-26(17)15-6-3-5-14(22)11-15/h3-11H,1-2H3,(H,23,28)(H,24,27). The Labute approximate surface area is 181 Å². The Balaban J connectivity index is 1.55. The fourth-order valence-electron chi connectivity index (χ4n) is 2.92. The van der Waals surface area contributed by atoms with Crippen molar-refractivity contribution in [1.29, 1.82) is 0 Å². The number of hydrogen-bond acceptors (Lipinski definition) is 5. The molecule has 4 aromatic rings. The Kier molecular flexibility index (Phi) is 5.43. The van der Waals surface area contributed by atoms with Crippen molar-refractivity contribution in [2.45, 2.75) is 13.8 Å². The largest absolute Gasteiger partial charge is 0.459 e. The van der Waals surface area contributed by atoms with Crippen LogP contribution in [0.5, 0.6) is 0 Å². The maximum absolute atomic E-state index is 12.9. The Bertz CT molecular complexity index is 1230. The second kappa shape index (κ2) is 8.17. The molecule has 30 heavy (non-hydrogen) atoms. The lowest BCUT2D eigenvalue weighted by Gasteiger charge is -2.09. The SMILES string of the molecule is Cc1cc(NC(=O)c2sc(NC(=O)c3ccco3)cc2C)n(-c2cccc(Cl)c2)n1. The molecule has 0 saturated heterocycles.